The van der Waals surface area contributed by atoms with Crippen LogP contribution in [0.15, 0.2) is 30.3 Å². The van der Waals surface area contributed by atoms with Gasteiger partial charge in [0.25, 0.3) is 0 Å². The summed E-state index contributed by atoms with van der Waals surface area (Å²) in [4.78, 5) is 32.3. The van der Waals surface area contributed by atoms with Gasteiger partial charge < -0.3 is 9.80 Å². The summed E-state index contributed by atoms with van der Waals surface area (Å²) in [6, 6.07) is 8.85. The van der Waals surface area contributed by atoms with Crippen LogP contribution in [0.1, 0.15) is 13.3 Å². The average molecular weight is 345 g/mol. The van der Waals surface area contributed by atoms with Gasteiger partial charge in [0.15, 0.2) is 5.82 Å². The maximum Gasteiger partial charge on any atom is 0.324 e. The molecule has 1 fully saturated rings. The lowest BCUT2D eigenvalue weighted by atomic mass is 10.1. The molecule has 1 aliphatic heterocycles. The van der Waals surface area contributed by atoms with Crippen LogP contribution in [0.25, 0.3) is 11.4 Å². The summed E-state index contributed by atoms with van der Waals surface area (Å²) in [5, 5.41) is 3.19. The molecule has 8 heteroatoms. The molecule has 1 atom stereocenters. The van der Waals surface area contributed by atoms with Crippen molar-refractivity contribution in [3.8, 4) is 11.4 Å². The van der Waals surface area contributed by atoms with Gasteiger partial charge in [-0.3, -0.25) is 10.1 Å². The molecule has 0 aliphatic carbocycles. The molecule has 1 aliphatic rings. The quantitative estimate of drug-likeness (QED) is 0.926. The fourth-order valence-corrected chi connectivity index (χ4v) is 3.27. The molecule has 0 saturated carbocycles. The number of amides is 3. The second kappa shape index (κ2) is 6.96. The number of likely N-dealkylation sites (N-methyl/N-ethyl adjacent to an activating group) is 1. The fourth-order valence-electron chi connectivity index (χ4n) is 2.69. The molecule has 3 rings (SSSR count). The fraction of sp³-hybridized carbons (Fsp3) is 0.375. The monoisotopic (exact) mass is 345 g/mol. The van der Waals surface area contributed by atoms with Gasteiger partial charge in [-0.05, 0) is 6.42 Å². The van der Waals surface area contributed by atoms with E-state index >= 15 is 0 Å². The minimum absolute atomic E-state index is 0.0267. The number of aromatic nitrogens is 2. The maximum atomic E-state index is 12.5. The number of nitrogens with one attached hydrogen (secondary N) is 1. The summed E-state index contributed by atoms with van der Waals surface area (Å²) >= 11 is 1.13. The van der Waals surface area contributed by atoms with Crippen LogP contribution in [-0.4, -0.2) is 57.3 Å². The second-order valence-corrected chi connectivity index (χ2v) is 6.35. The number of hydrogen-bond donors (Lipinski definition) is 1. The highest BCUT2D eigenvalue weighted by Gasteiger charge is 2.34. The summed E-state index contributed by atoms with van der Waals surface area (Å²) in [7, 11) is 1.76. The molecule has 0 unspecified atom stereocenters. The number of carbonyl (C=O) groups is 2. The third-order valence-corrected chi connectivity index (χ3v) is 4.66. The van der Waals surface area contributed by atoms with Gasteiger partial charge in [-0.2, -0.15) is 9.36 Å². The van der Waals surface area contributed by atoms with Crippen molar-refractivity contribution in [1.82, 2.24) is 19.2 Å². The van der Waals surface area contributed by atoms with Gasteiger partial charge in [0.05, 0.1) is 0 Å². The van der Waals surface area contributed by atoms with E-state index in [2.05, 4.69) is 14.7 Å². The lowest BCUT2D eigenvalue weighted by molar-refractivity contribution is -0.138. The minimum atomic E-state index is -0.426. The van der Waals surface area contributed by atoms with Gasteiger partial charge in [-0.15, -0.1) is 0 Å². The topological polar surface area (TPSA) is 78.4 Å². The average Bonchev–Trinajstić information content (AvgIpc) is 3.06. The van der Waals surface area contributed by atoms with E-state index in [0.29, 0.717) is 30.5 Å². The molecule has 24 heavy (non-hydrogen) atoms. The van der Waals surface area contributed by atoms with Crippen LogP contribution in [0.2, 0.25) is 0 Å². The zero-order valence-corrected chi connectivity index (χ0v) is 14.4. The van der Waals surface area contributed by atoms with E-state index in [4.69, 9.17) is 0 Å². The smallest absolute Gasteiger partial charge is 0.324 e. The summed E-state index contributed by atoms with van der Waals surface area (Å²) in [5.74, 6) is 0.554. The van der Waals surface area contributed by atoms with Crippen LogP contribution >= 0.6 is 11.5 Å². The van der Waals surface area contributed by atoms with Crippen LogP contribution in [-0.2, 0) is 4.79 Å². The Morgan fingerprint density at radius 2 is 2.08 bits per heavy atom. The van der Waals surface area contributed by atoms with Crippen molar-refractivity contribution in [2.45, 2.75) is 19.4 Å². The van der Waals surface area contributed by atoms with Crippen LogP contribution in [0, 0.1) is 0 Å². The number of urea groups is 1. The Morgan fingerprint density at radius 1 is 1.33 bits per heavy atom. The van der Waals surface area contributed by atoms with E-state index in [1.54, 1.807) is 16.8 Å². The molecule has 0 spiro atoms. The Hall–Kier alpha value is -2.48. The highest BCUT2D eigenvalue weighted by Crippen LogP contribution is 2.22. The van der Waals surface area contributed by atoms with Crippen molar-refractivity contribution in [2.24, 2.45) is 0 Å². The molecule has 2 aromatic rings. The van der Waals surface area contributed by atoms with Crippen molar-refractivity contribution in [2.75, 3.05) is 25.5 Å². The first-order valence-electron chi connectivity index (χ1n) is 7.82. The molecule has 126 valence electrons. The van der Waals surface area contributed by atoms with E-state index in [1.807, 2.05) is 37.3 Å². The number of rotatable bonds is 3. The number of piperazine rings is 1. The molecule has 1 aromatic heterocycles. The number of carbonyl (C=O) groups excluding carboxylic acids is 2. The highest BCUT2D eigenvalue weighted by atomic mass is 32.1. The van der Waals surface area contributed by atoms with E-state index in [0.717, 1.165) is 17.1 Å². The van der Waals surface area contributed by atoms with Crippen molar-refractivity contribution in [3.05, 3.63) is 30.3 Å². The van der Waals surface area contributed by atoms with Gasteiger partial charge in [0.1, 0.15) is 6.04 Å². The molecular formula is C16H19N5O2S. The van der Waals surface area contributed by atoms with Crippen LogP contribution < -0.4 is 5.32 Å². The minimum Gasteiger partial charge on any atom is -0.342 e. The third kappa shape index (κ3) is 3.23. The van der Waals surface area contributed by atoms with Crippen molar-refractivity contribution >= 4 is 28.6 Å². The van der Waals surface area contributed by atoms with Crippen LogP contribution in [0.5, 0.6) is 0 Å². The molecule has 1 aromatic carbocycles. The normalized spacial score (nSPS) is 17.9. The zero-order valence-electron chi connectivity index (χ0n) is 13.6. The van der Waals surface area contributed by atoms with Crippen LogP contribution in [0.3, 0.4) is 0 Å². The summed E-state index contributed by atoms with van der Waals surface area (Å²) in [6.07, 6.45) is 0.585. The molecule has 0 radical (unpaired) electrons. The highest BCUT2D eigenvalue weighted by molar-refractivity contribution is 7.10. The molecule has 0 bridgehead atoms. The van der Waals surface area contributed by atoms with E-state index in [-0.39, 0.29) is 11.9 Å². The lowest BCUT2D eigenvalue weighted by Gasteiger charge is -2.38. The van der Waals surface area contributed by atoms with Gasteiger partial charge in [0, 0.05) is 37.2 Å². The van der Waals surface area contributed by atoms with Gasteiger partial charge in [-0.25, -0.2) is 4.79 Å². The molecule has 2 heterocycles. The van der Waals surface area contributed by atoms with E-state index < -0.39 is 6.04 Å². The molecule has 1 saturated heterocycles. The van der Waals surface area contributed by atoms with Crippen molar-refractivity contribution in [3.63, 3.8) is 0 Å². The predicted octanol–water partition coefficient (Wildman–Crippen LogP) is 2.29. The van der Waals surface area contributed by atoms with Crippen molar-refractivity contribution in [1.29, 1.82) is 0 Å². The molecule has 7 nitrogen and oxygen atoms in total. The van der Waals surface area contributed by atoms with Gasteiger partial charge >= 0.3 is 6.03 Å². The maximum absolute atomic E-state index is 12.5. The SMILES string of the molecule is CC[C@@H]1C(=O)N(C)CCN1C(=O)Nc1nc(-c2ccccc2)ns1. The van der Waals surface area contributed by atoms with Gasteiger partial charge in [0.2, 0.25) is 11.0 Å². The Kier molecular flexibility index (Phi) is 4.75. The van der Waals surface area contributed by atoms with Crippen LogP contribution in [0.4, 0.5) is 9.93 Å². The van der Waals surface area contributed by atoms with Crippen molar-refractivity contribution < 1.29 is 9.59 Å². The third-order valence-electron chi connectivity index (χ3n) is 4.03. The number of anilines is 1. The Balaban J connectivity index is 1.71. The Labute approximate surface area is 144 Å². The molecule has 3 amide bonds. The Morgan fingerprint density at radius 3 is 2.79 bits per heavy atom. The molecule has 1 N–H and O–H groups in total. The first-order chi connectivity index (χ1) is 11.6. The lowest BCUT2D eigenvalue weighted by Crippen LogP contribution is -2.58. The van der Waals surface area contributed by atoms with E-state index in [9.17, 15) is 9.59 Å². The van der Waals surface area contributed by atoms with Gasteiger partial charge in [-0.1, -0.05) is 37.3 Å². The summed E-state index contributed by atoms with van der Waals surface area (Å²) in [5.41, 5.74) is 0.899. The Bertz CT molecular complexity index is 733. The largest absolute Gasteiger partial charge is 0.342 e. The predicted molar refractivity (Wildman–Crippen MR) is 92.8 cm³/mol. The number of hydrogen-bond acceptors (Lipinski definition) is 5. The molecular weight excluding hydrogens is 326 g/mol. The van der Waals surface area contributed by atoms with E-state index in [1.165, 1.54) is 0 Å². The standard InChI is InChI=1S/C16H19N5O2S/c1-3-12-14(22)20(2)9-10-21(12)16(23)18-15-17-13(19-24-15)11-7-5-4-6-8-11/h4-8,12H,3,9-10H2,1-2H3,(H,17,18,19,23)/t12-/m1/s1. The summed E-state index contributed by atoms with van der Waals surface area (Å²) in [6.45, 7) is 2.95. The summed E-state index contributed by atoms with van der Waals surface area (Å²) < 4.78 is 4.27. The zero-order chi connectivity index (χ0) is 17.1. The number of benzene rings is 1. The first kappa shape index (κ1) is 16.4. The number of nitrogens with zero attached hydrogens (tertiary/aromatic N) is 4. The second-order valence-electron chi connectivity index (χ2n) is 5.60. The first-order valence-corrected chi connectivity index (χ1v) is 8.59.